The minimum atomic E-state index is -0.687. The van der Waals surface area contributed by atoms with Gasteiger partial charge in [0.05, 0.1) is 12.6 Å². The maximum Gasteiger partial charge on any atom is 0.257 e. The fourth-order valence-electron chi connectivity index (χ4n) is 5.99. The lowest BCUT2D eigenvalue weighted by molar-refractivity contribution is -0.134. The molecule has 1 aliphatic heterocycles. The fourth-order valence-corrected chi connectivity index (χ4v) is 5.99. The van der Waals surface area contributed by atoms with Gasteiger partial charge < -0.3 is 10.8 Å². The second-order valence-corrected chi connectivity index (χ2v) is 10.4. The van der Waals surface area contributed by atoms with Gasteiger partial charge in [-0.25, -0.2) is 4.99 Å². The van der Waals surface area contributed by atoms with Crippen LogP contribution in [0.5, 0.6) is 0 Å². The minimum absolute atomic E-state index is 0.0533. The molecule has 0 aromatic heterocycles. The largest absolute Gasteiger partial charge is 0.394 e. The summed E-state index contributed by atoms with van der Waals surface area (Å²) in [4.78, 5) is 20.3. The third-order valence-corrected chi connectivity index (χ3v) is 7.55. The maximum absolute atomic E-state index is 13.8. The van der Waals surface area contributed by atoms with Crippen LogP contribution in [-0.2, 0) is 4.79 Å². The summed E-state index contributed by atoms with van der Waals surface area (Å²) in [5.74, 6) is 2.11. The summed E-state index contributed by atoms with van der Waals surface area (Å²) in [5.41, 5.74) is 5.67. The van der Waals surface area contributed by atoms with Crippen molar-refractivity contribution in [3.63, 3.8) is 0 Å². The lowest BCUT2D eigenvalue weighted by atomic mass is 9.75. The molecular weight excluding hydrogens is 362 g/mol. The molecule has 1 heterocycles. The van der Waals surface area contributed by atoms with Crippen LogP contribution in [-0.4, -0.2) is 40.1 Å². The molecule has 0 saturated heterocycles. The predicted octanol–water partition coefficient (Wildman–Crippen LogP) is 4.62. The summed E-state index contributed by atoms with van der Waals surface area (Å²) in [6.07, 6.45) is 16.4. The first kappa shape index (κ1) is 22.6. The lowest BCUT2D eigenvalue weighted by Crippen LogP contribution is -2.51. The smallest absolute Gasteiger partial charge is 0.257 e. The highest BCUT2D eigenvalue weighted by Crippen LogP contribution is 2.41. The van der Waals surface area contributed by atoms with E-state index < -0.39 is 5.54 Å². The van der Waals surface area contributed by atoms with Crippen LogP contribution in [0.2, 0.25) is 0 Å². The molecule has 0 bridgehead atoms. The van der Waals surface area contributed by atoms with E-state index in [1.54, 1.807) is 4.90 Å². The summed E-state index contributed by atoms with van der Waals surface area (Å²) in [5, 5.41) is 9.99. The molecule has 0 aromatic rings. The Morgan fingerprint density at radius 3 is 2.21 bits per heavy atom. The first-order chi connectivity index (χ1) is 13.9. The van der Waals surface area contributed by atoms with Crippen molar-refractivity contribution in [1.29, 1.82) is 0 Å². The van der Waals surface area contributed by atoms with E-state index in [-0.39, 0.29) is 18.6 Å². The van der Waals surface area contributed by atoms with Gasteiger partial charge in [-0.1, -0.05) is 78.1 Å². The van der Waals surface area contributed by atoms with Gasteiger partial charge in [0.2, 0.25) is 0 Å². The Morgan fingerprint density at radius 1 is 1.07 bits per heavy atom. The molecule has 2 fully saturated rings. The average Bonchev–Trinajstić information content (AvgIpc) is 2.96. The van der Waals surface area contributed by atoms with Crippen molar-refractivity contribution < 1.29 is 9.90 Å². The Labute approximate surface area is 177 Å². The molecule has 3 N–H and O–H groups in total. The molecule has 29 heavy (non-hydrogen) atoms. The topological polar surface area (TPSA) is 78.9 Å². The highest BCUT2D eigenvalue weighted by molar-refractivity contribution is 6.07. The standard InChI is InChI=1S/C24H43N3O2/c1-18(2)15-21(17-28)27-22(29)24(26-23(27)25,16-20-11-7-4-8-12-20)14-13-19-9-5-3-6-10-19/h18-21,28H,3-17H2,1-2H3,(H2,25,26)/t21-,24?/m1/s1. The van der Waals surface area contributed by atoms with Gasteiger partial charge in [0.25, 0.3) is 5.91 Å². The lowest BCUT2D eigenvalue weighted by Gasteiger charge is -2.35. The fraction of sp³-hybridized carbons (Fsp3) is 0.917. The Hall–Kier alpha value is -1.10. The minimum Gasteiger partial charge on any atom is -0.394 e. The van der Waals surface area contributed by atoms with E-state index in [4.69, 9.17) is 10.7 Å². The molecule has 3 rings (SSSR count). The molecule has 2 atom stereocenters. The molecular formula is C24H43N3O2. The van der Waals surface area contributed by atoms with Gasteiger partial charge in [0.1, 0.15) is 5.54 Å². The number of rotatable bonds is 9. The van der Waals surface area contributed by atoms with Crippen molar-refractivity contribution in [1.82, 2.24) is 4.90 Å². The summed E-state index contributed by atoms with van der Waals surface area (Å²) in [7, 11) is 0. The van der Waals surface area contributed by atoms with E-state index in [1.807, 2.05) is 0 Å². The normalized spacial score (nSPS) is 28.2. The molecule has 5 heteroatoms. The van der Waals surface area contributed by atoms with E-state index in [9.17, 15) is 9.90 Å². The monoisotopic (exact) mass is 405 g/mol. The van der Waals surface area contributed by atoms with E-state index in [0.717, 1.165) is 31.6 Å². The van der Waals surface area contributed by atoms with Crippen LogP contribution in [0.3, 0.4) is 0 Å². The van der Waals surface area contributed by atoms with Crippen molar-refractivity contribution in [2.75, 3.05) is 6.61 Å². The van der Waals surface area contributed by atoms with Gasteiger partial charge in [-0.2, -0.15) is 0 Å². The van der Waals surface area contributed by atoms with Gasteiger partial charge >= 0.3 is 0 Å². The van der Waals surface area contributed by atoms with Gasteiger partial charge in [-0.05, 0) is 43.4 Å². The number of hydrogen-bond donors (Lipinski definition) is 2. The number of aliphatic hydroxyl groups is 1. The molecule has 1 unspecified atom stereocenters. The number of nitrogens with zero attached hydrogens (tertiary/aromatic N) is 2. The van der Waals surface area contributed by atoms with E-state index in [1.165, 1.54) is 64.2 Å². The number of aliphatic hydroxyl groups excluding tert-OH is 1. The van der Waals surface area contributed by atoms with E-state index >= 15 is 0 Å². The molecule has 0 radical (unpaired) electrons. The molecule has 5 nitrogen and oxygen atoms in total. The van der Waals surface area contributed by atoms with Crippen molar-refractivity contribution >= 4 is 11.9 Å². The molecule has 1 amide bonds. The average molecular weight is 406 g/mol. The molecule has 0 spiro atoms. The molecule has 2 aliphatic carbocycles. The van der Waals surface area contributed by atoms with Crippen LogP contribution < -0.4 is 5.73 Å². The first-order valence-electron chi connectivity index (χ1n) is 12.2. The summed E-state index contributed by atoms with van der Waals surface area (Å²) in [6.45, 7) is 4.19. The predicted molar refractivity (Wildman–Crippen MR) is 119 cm³/mol. The second kappa shape index (κ2) is 10.3. The van der Waals surface area contributed by atoms with Crippen molar-refractivity contribution in [3.05, 3.63) is 0 Å². The number of amides is 1. The van der Waals surface area contributed by atoms with Crippen molar-refractivity contribution in [2.45, 2.75) is 115 Å². The molecule has 2 saturated carbocycles. The third kappa shape index (κ3) is 5.53. The quantitative estimate of drug-likeness (QED) is 0.587. The highest BCUT2D eigenvalue weighted by Gasteiger charge is 2.50. The van der Waals surface area contributed by atoms with Crippen LogP contribution in [0.4, 0.5) is 0 Å². The third-order valence-electron chi connectivity index (χ3n) is 7.55. The van der Waals surface area contributed by atoms with Crippen LogP contribution in [0, 0.1) is 17.8 Å². The van der Waals surface area contributed by atoms with Gasteiger partial charge in [0.15, 0.2) is 5.96 Å². The number of hydrogen-bond acceptors (Lipinski definition) is 4. The van der Waals surface area contributed by atoms with Crippen LogP contribution in [0.1, 0.15) is 104 Å². The van der Waals surface area contributed by atoms with Gasteiger partial charge in [-0.15, -0.1) is 0 Å². The zero-order chi connectivity index (χ0) is 20.9. The van der Waals surface area contributed by atoms with Crippen LogP contribution >= 0.6 is 0 Å². The molecule has 166 valence electrons. The van der Waals surface area contributed by atoms with Gasteiger partial charge in [-0.3, -0.25) is 9.69 Å². The number of carbonyl (C=O) groups is 1. The first-order valence-corrected chi connectivity index (χ1v) is 12.2. The van der Waals surface area contributed by atoms with Crippen LogP contribution in [0.25, 0.3) is 0 Å². The zero-order valence-corrected chi connectivity index (χ0v) is 18.7. The van der Waals surface area contributed by atoms with E-state index in [0.29, 0.717) is 17.8 Å². The number of aliphatic imine (C=N–C) groups is 1. The Balaban J connectivity index is 1.78. The maximum atomic E-state index is 13.8. The molecule has 3 aliphatic rings. The number of guanidine groups is 1. The van der Waals surface area contributed by atoms with Crippen molar-refractivity contribution in [2.24, 2.45) is 28.5 Å². The van der Waals surface area contributed by atoms with E-state index in [2.05, 4.69) is 13.8 Å². The second-order valence-electron chi connectivity index (χ2n) is 10.4. The van der Waals surface area contributed by atoms with Crippen LogP contribution in [0.15, 0.2) is 4.99 Å². The summed E-state index contributed by atoms with van der Waals surface area (Å²) < 4.78 is 0. The number of carbonyl (C=O) groups excluding carboxylic acids is 1. The number of nitrogens with two attached hydrogens (primary N) is 1. The van der Waals surface area contributed by atoms with Crippen molar-refractivity contribution in [3.8, 4) is 0 Å². The zero-order valence-electron chi connectivity index (χ0n) is 18.7. The Bertz CT molecular complexity index is 564. The summed E-state index contributed by atoms with van der Waals surface area (Å²) in [6, 6.07) is -0.255. The van der Waals surface area contributed by atoms with Gasteiger partial charge in [0, 0.05) is 0 Å². The summed E-state index contributed by atoms with van der Waals surface area (Å²) >= 11 is 0. The Morgan fingerprint density at radius 2 is 1.66 bits per heavy atom. The Kier molecular flexibility index (Phi) is 8.00. The molecule has 0 aromatic carbocycles. The SMILES string of the molecule is CC(C)C[C@H](CO)N1C(=O)C(CCC2CCCCC2)(CC2CCCCC2)N=C1N. The highest BCUT2D eigenvalue weighted by atomic mass is 16.3.